The van der Waals surface area contributed by atoms with Gasteiger partial charge in [-0.1, -0.05) is 12.1 Å². The molecule has 2 amide bonds. The Balaban J connectivity index is 1.84. The molecular formula is C12H15N3O2. The number of nitrogens with one attached hydrogen (secondary N) is 2. The summed E-state index contributed by atoms with van der Waals surface area (Å²) < 4.78 is 0. The van der Waals surface area contributed by atoms with Crippen LogP contribution in [0.15, 0.2) is 24.3 Å². The highest BCUT2D eigenvalue weighted by Crippen LogP contribution is 2.10. The summed E-state index contributed by atoms with van der Waals surface area (Å²) in [7, 11) is 0. The lowest BCUT2D eigenvalue weighted by Crippen LogP contribution is -2.31. The third kappa shape index (κ3) is 2.96. The summed E-state index contributed by atoms with van der Waals surface area (Å²) in [6.07, 6.45) is 0.285. The molecule has 1 heterocycles. The molecule has 0 saturated carbocycles. The number of nitrogen functional groups attached to an aromatic ring is 1. The lowest BCUT2D eigenvalue weighted by Gasteiger charge is -2.09. The van der Waals surface area contributed by atoms with Gasteiger partial charge in [-0.25, -0.2) is 0 Å². The second-order valence-electron chi connectivity index (χ2n) is 4.16. The highest BCUT2D eigenvalue weighted by Gasteiger charge is 2.27. The smallest absolute Gasteiger partial charge is 0.225 e. The van der Waals surface area contributed by atoms with Crippen LogP contribution in [0.3, 0.4) is 0 Å². The van der Waals surface area contributed by atoms with Gasteiger partial charge in [0.2, 0.25) is 11.8 Å². The average Bonchev–Trinajstić information content (AvgIpc) is 2.75. The standard InChI is InChI=1S/C12H15N3O2/c13-10-3-1-8(2-4-10)6-15-12(17)9-5-11(16)14-7-9/h1-4,9H,5-7,13H2,(H,14,16)(H,15,17). The van der Waals surface area contributed by atoms with Crippen LogP contribution in [0.5, 0.6) is 0 Å². The lowest BCUT2D eigenvalue weighted by molar-refractivity contribution is -0.126. The Bertz CT molecular complexity index is 428. The van der Waals surface area contributed by atoms with Crippen molar-refractivity contribution in [3.8, 4) is 0 Å². The molecule has 4 N–H and O–H groups in total. The molecule has 0 bridgehead atoms. The first-order chi connectivity index (χ1) is 8.15. The maximum Gasteiger partial charge on any atom is 0.225 e. The molecule has 1 unspecified atom stereocenters. The maximum absolute atomic E-state index is 11.7. The van der Waals surface area contributed by atoms with E-state index in [1.54, 1.807) is 12.1 Å². The van der Waals surface area contributed by atoms with Gasteiger partial charge < -0.3 is 16.4 Å². The summed E-state index contributed by atoms with van der Waals surface area (Å²) in [6.45, 7) is 0.899. The number of rotatable bonds is 3. The highest BCUT2D eigenvalue weighted by atomic mass is 16.2. The van der Waals surface area contributed by atoms with E-state index in [0.29, 0.717) is 18.8 Å². The van der Waals surface area contributed by atoms with Gasteiger partial charge in [-0.05, 0) is 17.7 Å². The van der Waals surface area contributed by atoms with E-state index >= 15 is 0 Å². The second kappa shape index (κ2) is 4.86. The van der Waals surface area contributed by atoms with Gasteiger partial charge in [0, 0.05) is 25.2 Å². The molecule has 1 aliphatic rings. The molecule has 1 aliphatic heterocycles. The van der Waals surface area contributed by atoms with Crippen molar-refractivity contribution < 1.29 is 9.59 Å². The van der Waals surface area contributed by atoms with Gasteiger partial charge in [-0.3, -0.25) is 9.59 Å². The summed E-state index contributed by atoms with van der Waals surface area (Å²) in [4.78, 5) is 22.7. The number of hydrogen-bond donors (Lipinski definition) is 3. The summed E-state index contributed by atoms with van der Waals surface area (Å²) in [6, 6.07) is 7.33. The molecule has 0 aromatic heterocycles. The van der Waals surface area contributed by atoms with Crippen LogP contribution in [0.4, 0.5) is 5.69 Å². The van der Waals surface area contributed by atoms with E-state index < -0.39 is 0 Å². The monoisotopic (exact) mass is 233 g/mol. The van der Waals surface area contributed by atoms with Crippen molar-refractivity contribution in [3.05, 3.63) is 29.8 Å². The van der Waals surface area contributed by atoms with Crippen LogP contribution < -0.4 is 16.4 Å². The maximum atomic E-state index is 11.7. The highest BCUT2D eigenvalue weighted by molar-refractivity contribution is 5.89. The van der Waals surface area contributed by atoms with E-state index in [1.165, 1.54) is 0 Å². The number of hydrogen-bond acceptors (Lipinski definition) is 3. The fourth-order valence-corrected chi connectivity index (χ4v) is 1.76. The Morgan fingerprint density at radius 3 is 2.71 bits per heavy atom. The number of anilines is 1. The quantitative estimate of drug-likeness (QED) is 0.643. The second-order valence-corrected chi connectivity index (χ2v) is 4.16. The molecule has 0 aliphatic carbocycles. The minimum Gasteiger partial charge on any atom is -0.399 e. The molecule has 1 saturated heterocycles. The van der Waals surface area contributed by atoms with E-state index in [0.717, 1.165) is 5.56 Å². The average molecular weight is 233 g/mol. The fourth-order valence-electron chi connectivity index (χ4n) is 1.76. The molecule has 1 aromatic rings. The van der Waals surface area contributed by atoms with Crippen LogP contribution in [-0.2, 0) is 16.1 Å². The number of amides is 2. The molecule has 5 nitrogen and oxygen atoms in total. The largest absolute Gasteiger partial charge is 0.399 e. The number of nitrogens with two attached hydrogens (primary N) is 1. The number of benzene rings is 1. The Hall–Kier alpha value is -2.04. The molecule has 90 valence electrons. The van der Waals surface area contributed by atoms with Gasteiger partial charge in [0.25, 0.3) is 0 Å². The van der Waals surface area contributed by atoms with E-state index in [9.17, 15) is 9.59 Å². The minimum atomic E-state index is -0.240. The van der Waals surface area contributed by atoms with Gasteiger partial charge in [0.05, 0.1) is 5.92 Å². The minimum absolute atomic E-state index is 0.0577. The van der Waals surface area contributed by atoms with Crippen molar-refractivity contribution >= 4 is 17.5 Å². The van der Waals surface area contributed by atoms with Crippen LogP contribution in [0.2, 0.25) is 0 Å². The van der Waals surface area contributed by atoms with Crippen molar-refractivity contribution in [2.75, 3.05) is 12.3 Å². The third-order valence-corrected chi connectivity index (χ3v) is 2.79. The first-order valence-corrected chi connectivity index (χ1v) is 5.54. The normalized spacial score (nSPS) is 18.8. The van der Waals surface area contributed by atoms with Gasteiger partial charge in [0.1, 0.15) is 0 Å². The molecular weight excluding hydrogens is 218 g/mol. The number of carbonyl (C=O) groups excluding carboxylic acids is 2. The summed E-state index contributed by atoms with van der Waals surface area (Å²) in [5, 5.41) is 5.45. The fraction of sp³-hybridized carbons (Fsp3) is 0.333. The zero-order chi connectivity index (χ0) is 12.3. The summed E-state index contributed by atoms with van der Waals surface area (Å²) >= 11 is 0. The number of carbonyl (C=O) groups is 2. The van der Waals surface area contributed by atoms with Gasteiger partial charge in [-0.15, -0.1) is 0 Å². The lowest BCUT2D eigenvalue weighted by atomic mass is 10.1. The van der Waals surface area contributed by atoms with E-state index in [1.807, 2.05) is 12.1 Å². The Morgan fingerprint density at radius 1 is 1.41 bits per heavy atom. The molecule has 5 heteroatoms. The van der Waals surface area contributed by atoms with Crippen molar-refractivity contribution in [2.24, 2.45) is 5.92 Å². The van der Waals surface area contributed by atoms with Crippen molar-refractivity contribution in [1.82, 2.24) is 10.6 Å². The first kappa shape index (κ1) is 11.4. The zero-order valence-corrected chi connectivity index (χ0v) is 9.40. The zero-order valence-electron chi connectivity index (χ0n) is 9.40. The van der Waals surface area contributed by atoms with E-state index in [2.05, 4.69) is 10.6 Å². The summed E-state index contributed by atoms with van der Waals surface area (Å²) in [5.74, 6) is -0.380. The van der Waals surface area contributed by atoms with Crippen LogP contribution in [0.1, 0.15) is 12.0 Å². The molecule has 2 rings (SSSR count). The van der Waals surface area contributed by atoms with Gasteiger partial charge in [0.15, 0.2) is 0 Å². The molecule has 1 atom stereocenters. The van der Waals surface area contributed by atoms with Crippen LogP contribution in [0, 0.1) is 5.92 Å². The van der Waals surface area contributed by atoms with Crippen LogP contribution >= 0.6 is 0 Å². The van der Waals surface area contributed by atoms with Crippen molar-refractivity contribution in [2.45, 2.75) is 13.0 Å². The van der Waals surface area contributed by atoms with E-state index in [4.69, 9.17) is 5.73 Å². The Labute approximate surface area is 99.4 Å². The molecule has 1 fully saturated rings. The molecule has 1 aromatic carbocycles. The molecule has 0 spiro atoms. The van der Waals surface area contributed by atoms with Crippen molar-refractivity contribution in [1.29, 1.82) is 0 Å². The van der Waals surface area contributed by atoms with Crippen LogP contribution in [0.25, 0.3) is 0 Å². The molecule has 17 heavy (non-hydrogen) atoms. The van der Waals surface area contributed by atoms with Gasteiger partial charge >= 0.3 is 0 Å². The first-order valence-electron chi connectivity index (χ1n) is 5.54. The predicted molar refractivity (Wildman–Crippen MR) is 63.8 cm³/mol. The van der Waals surface area contributed by atoms with Crippen molar-refractivity contribution in [3.63, 3.8) is 0 Å². The SMILES string of the molecule is Nc1ccc(CNC(=O)C2CNC(=O)C2)cc1. The predicted octanol–water partition coefficient (Wildman–Crippen LogP) is 0.0211. The Kier molecular flexibility index (Phi) is 3.27. The third-order valence-electron chi connectivity index (χ3n) is 2.79. The molecule has 0 radical (unpaired) electrons. The topological polar surface area (TPSA) is 84.2 Å². The van der Waals surface area contributed by atoms with Crippen LogP contribution in [-0.4, -0.2) is 18.4 Å². The summed E-state index contributed by atoms with van der Waals surface area (Å²) in [5.41, 5.74) is 7.25. The Morgan fingerprint density at radius 2 is 2.12 bits per heavy atom. The van der Waals surface area contributed by atoms with Gasteiger partial charge in [-0.2, -0.15) is 0 Å². The van der Waals surface area contributed by atoms with E-state index in [-0.39, 0.29) is 24.2 Å².